The standard InChI is InChI=1S/C10H15NOS/c1-7(2)10(12)11-6-9-5-4-8(3)13-9/h4-5,7H,6H2,1-3H3,(H,11,12). The molecule has 0 radical (unpaired) electrons. The van der Waals surface area contributed by atoms with E-state index in [-0.39, 0.29) is 11.8 Å². The molecule has 0 bridgehead atoms. The first-order valence-electron chi connectivity index (χ1n) is 4.42. The van der Waals surface area contributed by atoms with Gasteiger partial charge in [0.1, 0.15) is 0 Å². The van der Waals surface area contributed by atoms with E-state index in [1.807, 2.05) is 13.8 Å². The lowest BCUT2D eigenvalue weighted by atomic mass is 10.2. The third-order valence-electron chi connectivity index (χ3n) is 1.76. The van der Waals surface area contributed by atoms with E-state index in [0.717, 1.165) is 0 Å². The predicted octanol–water partition coefficient (Wildman–Crippen LogP) is 2.33. The minimum atomic E-state index is 0.0704. The summed E-state index contributed by atoms with van der Waals surface area (Å²) < 4.78 is 0. The molecule has 1 amide bonds. The highest BCUT2D eigenvalue weighted by atomic mass is 32.1. The lowest BCUT2D eigenvalue weighted by Crippen LogP contribution is -2.26. The Bertz CT molecular complexity index is 291. The molecule has 13 heavy (non-hydrogen) atoms. The van der Waals surface area contributed by atoms with Gasteiger partial charge in [-0.15, -0.1) is 11.3 Å². The zero-order valence-electron chi connectivity index (χ0n) is 8.26. The van der Waals surface area contributed by atoms with Crippen LogP contribution in [0.15, 0.2) is 12.1 Å². The maximum atomic E-state index is 11.2. The van der Waals surface area contributed by atoms with E-state index in [0.29, 0.717) is 6.54 Å². The Kier molecular flexibility index (Phi) is 3.48. The third kappa shape index (κ3) is 3.19. The van der Waals surface area contributed by atoms with Crippen LogP contribution in [0.3, 0.4) is 0 Å². The van der Waals surface area contributed by atoms with Crippen molar-refractivity contribution in [2.24, 2.45) is 5.92 Å². The van der Waals surface area contributed by atoms with E-state index in [1.54, 1.807) is 11.3 Å². The molecular weight excluding hydrogens is 182 g/mol. The first-order chi connectivity index (χ1) is 6.09. The van der Waals surface area contributed by atoms with Gasteiger partial charge in [-0.25, -0.2) is 0 Å². The number of thiophene rings is 1. The summed E-state index contributed by atoms with van der Waals surface area (Å²) in [5.41, 5.74) is 0. The first-order valence-corrected chi connectivity index (χ1v) is 5.24. The number of nitrogens with one attached hydrogen (secondary N) is 1. The predicted molar refractivity (Wildman–Crippen MR) is 55.7 cm³/mol. The van der Waals surface area contributed by atoms with E-state index < -0.39 is 0 Å². The fourth-order valence-corrected chi connectivity index (χ4v) is 1.79. The minimum Gasteiger partial charge on any atom is -0.351 e. The molecule has 0 aliphatic rings. The average molecular weight is 197 g/mol. The van der Waals surface area contributed by atoms with Gasteiger partial charge in [0.15, 0.2) is 0 Å². The lowest BCUT2D eigenvalue weighted by molar-refractivity contribution is -0.124. The van der Waals surface area contributed by atoms with Crippen molar-refractivity contribution in [3.63, 3.8) is 0 Å². The van der Waals surface area contributed by atoms with Crippen molar-refractivity contribution in [1.29, 1.82) is 0 Å². The number of carbonyl (C=O) groups excluding carboxylic acids is 1. The first kappa shape index (κ1) is 10.3. The van der Waals surface area contributed by atoms with Gasteiger partial charge in [0.25, 0.3) is 0 Å². The number of amides is 1. The van der Waals surface area contributed by atoms with Crippen molar-refractivity contribution < 1.29 is 4.79 Å². The molecule has 3 heteroatoms. The van der Waals surface area contributed by atoms with Crippen LogP contribution in [0.2, 0.25) is 0 Å². The van der Waals surface area contributed by atoms with Crippen molar-refractivity contribution in [3.8, 4) is 0 Å². The molecule has 1 aromatic rings. The number of hydrogen-bond donors (Lipinski definition) is 1. The molecule has 1 heterocycles. The highest BCUT2D eigenvalue weighted by Gasteiger charge is 2.06. The Morgan fingerprint density at radius 3 is 2.69 bits per heavy atom. The Balaban J connectivity index is 2.39. The summed E-state index contributed by atoms with van der Waals surface area (Å²) in [6.07, 6.45) is 0. The second-order valence-corrected chi connectivity index (χ2v) is 4.76. The number of aryl methyl sites for hydroxylation is 1. The zero-order valence-corrected chi connectivity index (χ0v) is 9.07. The molecule has 1 N–H and O–H groups in total. The smallest absolute Gasteiger partial charge is 0.222 e. The maximum absolute atomic E-state index is 11.2. The Labute approximate surface area is 83.0 Å². The van der Waals surface area contributed by atoms with Gasteiger partial charge in [-0.1, -0.05) is 13.8 Å². The van der Waals surface area contributed by atoms with Crippen molar-refractivity contribution in [1.82, 2.24) is 5.32 Å². The largest absolute Gasteiger partial charge is 0.351 e. The van der Waals surface area contributed by atoms with Gasteiger partial charge in [-0.05, 0) is 19.1 Å². The molecule has 0 aromatic carbocycles. The van der Waals surface area contributed by atoms with Crippen LogP contribution in [0.4, 0.5) is 0 Å². The van der Waals surface area contributed by atoms with Crippen molar-refractivity contribution in [3.05, 3.63) is 21.9 Å². The van der Waals surface area contributed by atoms with Crippen LogP contribution in [-0.2, 0) is 11.3 Å². The van der Waals surface area contributed by atoms with Gasteiger partial charge >= 0.3 is 0 Å². The zero-order chi connectivity index (χ0) is 9.84. The number of rotatable bonds is 3. The normalized spacial score (nSPS) is 10.5. The lowest BCUT2D eigenvalue weighted by Gasteiger charge is -2.05. The van der Waals surface area contributed by atoms with Crippen molar-refractivity contribution in [2.45, 2.75) is 27.3 Å². The summed E-state index contributed by atoms with van der Waals surface area (Å²) in [5.74, 6) is 0.187. The third-order valence-corrected chi connectivity index (χ3v) is 2.76. The van der Waals surface area contributed by atoms with Gasteiger partial charge in [0.05, 0.1) is 6.54 Å². The molecule has 0 aliphatic heterocycles. The molecule has 1 rings (SSSR count). The number of carbonyl (C=O) groups is 1. The van der Waals surface area contributed by atoms with Crippen molar-refractivity contribution >= 4 is 17.2 Å². The van der Waals surface area contributed by atoms with E-state index >= 15 is 0 Å². The van der Waals surface area contributed by atoms with E-state index in [2.05, 4.69) is 24.4 Å². The highest BCUT2D eigenvalue weighted by molar-refractivity contribution is 7.11. The monoisotopic (exact) mass is 197 g/mol. The maximum Gasteiger partial charge on any atom is 0.222 e. The molecule has 0 unspecified atom stereocenters. The van der Waals surface area contributed by atoms with Crippen LogP contribution in [-0.4, -0.2) is 5.91 Å². The molecule has 72 valence electrons. The molecule has 0 atom stereocenters. The average Bonchev–Trinajstić information content (AvgIpc) is 2.47. The van der Waals surface area contributed by atoms with Crippen LogP contribution in [0, 0.1) is 12.8 Å². The second-order valence-electron chi connectivity index (χ2n) is 3.38. The molecular formula is C10H15NOS. The SMILES string of the molecule is Cc1ccc(CNC(=O)C(C)C)s1. The summed E-state index contributed by atoms with van der Waals surface area (Å²) in [6, 6.07) is 4.13. The van der Waals surface area contributed by atoms with Crippen molar-refractivity contribution in [2.75, 3.05) is 0 Å². The molecule has 0 aliphatic carbocycles. The summed E-state index contributed by atoms with van der Waals surface area (Å²) >= 11 is 1.73. The quantitative estimate of drug-likeness (QED) is 0.791. The Morgan fingerprint density at radius 1 is 1.54 bits per heavy atom. The molecule has 1 aromatic heterocycles. The van der Waals surface area contributed by atoms with Gasteiger partial charge in [-0.3, -0.25) is 4.79 Å². The summed E-state index contributed by atoms with van der Waals surface area (Å²) in [5, 5.41) is 2.88. The van der Waals surface area contributed by atoms with Crippen LogP contribution in [0.25, 0.3) is 0 Å². The van der Waals surface area contributed by atoms with E-state index in [4.69, 9.17) is 0 Å². The van der Waals surface area contributed by atoms with Gasteiger partial charge < -0.3 is 5.32 Å². The Morgan fingerprint density at radius 2 is 2.23 bits per heavy atom. The molecule has 2 nitrogen and oxygen atoms in total. The Hall–Kier alpha value is -0.830. The summed E-state index contributed by atoms with van der Waals surface area (Å²) in [7, 11) is 0. The minimum absolute atomic E-state index is 0.0704. The topological polar surface area (TPSA) is 29.1 Å². The molecule has 0 fully saturated rings. The molecule has 0 saturated carbocycles. The van der Waals surface area contributed by atoms with Crippen LogP contribution >= 0.6 is 11.3 Å². The van der Waals surface area contributed by atoms with Gasteiger partial charge in [0, 0.05) is 15.7 Å². The van der Waals surface area contributed by atoms with E-state index in [9.17, 15) is 4.79 Å². The van der Waals surface area contributed by atoms with E-state index in [1.165, 1.54) is 9.75 Å². The highest BCUT2D eigenvalue weighted by Crippen LogP contribution is 2.14. The van der Waals surface area contributed by atoms with Gasteiger partial charge in [-0.2, -0.15) is 0 Å². The number of hydrogen-bond acceptors (Lipinski definition) is 2. The summed E-state index contributed by atoms with van der Waals surface area (Å²) in [4.78, 5) is 13.7. The fourth-order valence-electron chi connectivity index (χ4n) is 0.958. The van der Waals surface area contributed by atoms with Crippen LogP contribution in [0.1, 0.15) is 23.6 Å². The van der Waals surface area contributed by atoms with Crippen LogP contribution in [0.5, 0.6) is 0 Å². The van der Waals surface area contributed by atoms with Crippen LogP contribution < -0.4 is 5.32 Å². The van der Waals surface area contributed by atoms with Gasteiger partial charge in [0.2, 0.25) is 5.91 Å². The molecule has 0 saturated heterocycles. The fraction of sp³-hybridized carbons (Fsp3) is 0.500. The molecule has 0 spiro atoms. The summed E-state index contributed by atoms with van der Waals surface area (Å²) in [6.45, 7) is 6.53. The second kappa shape index (κ2) is 4.42.